The molecule has 2 aliphatic rings. The summed E-state index contributed by atoms with van der Waals surface area (Å²) in [4.78, 5) is 14.0. The van der Waals surface area contributed by atoms with E-state index in [4.69, 9.17) is 9.47 Å². The van der Waals surface area contributed by atoms with Gasteiger partial charge in [-0.25, -0.2) is 0 Å². The van der Waals surface area contributed by atoms with E-state index in [0.29, 0.717) is 63.6 Å². The molecule has 0 aliphatic carbocycles. The summed E-state index contributed by atoms with van der Waals surface area (Å²) < 4.78 is 12.6. The van der Waals surface area contributed by atoms with Crippen LogP contribution in [0.1, 0.15) is 63.8 Å². The molecule has 8 nitrogen and oxygen atoms in total. The molecule has 0 fully saturated rings. The van der Waals surface area contributed by atoms with Gasteiger partial charge in [-0.15, -0.1) is 0 Å². The number of hydrogen-bond donors (Lipinski definition) is 2. The Morgan fingerprint density at radius 1 is 0.551 bits per heavy atom. The van der Waals surface area contributed by atoms with Gasteiger partial charge >= 0.3 is 0 Å². The van der Waals surface area contributed by atoms with Gasteiger partial charge in [-0.1, -0.05) is 48.5 Å². The number of nitrogens with zero attached hydrogens (tertiary/aromatic N) is 4. The van der Waals surface area contributed by atoms with Gasteiger partial charge in [0.2, 0.25) is 0 Å². The number of aromatic hydroxyl groups is 2. The summed E-state index contributed by atoms with van der Waals surface area (Å²) >= 11 is 0. The van der Waals surface area contributed by atoms with Crippen LogP contribution in [0.3, 0.4) is 0 Å². The maximum atomic E-state index is 11.4. The topological polar surface area (TPSA) is 90.1 Å². The number of aliphatic imine (C=N–C) groups is 2. The van der Waals surface area contributed by atoms with Gasteiger partial charge in [-0.3, -0.25) is 19.8 Å². The van der Waals surface area contributed by atoms with Crippen molar-refractivity contribution in [3.05, 3.63) is 117 Å². The van der Waals surface area contributed by atoms with Crippen molar-refractivity contribution in [1.29, 1.82) is 0 Å². The Bertz CT molecular complexity index is 1660. The first kappa shape index (κ1) is 34.2. The predicted molar refractivity (Wildman–Crippen MR) is 197 cm³/mol. The molecule has 6 bridgehead atoms. The van der Waals surface area contributed by atoms with Crippen molar-refractivity contribution in [2.24, 2.45) is 9.98 Å². The van der Waals surface area contributed by atoms with Gasteiger partial charge < -0.3 is 19.7 Å². The fourth-order valence-corrected chi connectivity index (χ4v) is 6.68. The third-order valence-corrected chi connectivity index (χ3v) is 9.07. The number of hydrogen-bond acceptors (Lipinski definition) is 8. The zero-order valence-corrected chi connectivity index (χ0v) is 28.8. The highest BCUT2D eigenvalue weighted by Gasteiger charge is 2.18. The van der Waals surface area contributed by atoms with Gasteiger partial charge in [0.05, 0.1) is 26.3 Å². The molecule has 2 atom stereocenters. The second kappa shape index (κ2) is 16.6. The van der Waals surface area contributed by atoms with Gasteiger partial charge in [-0.05, 0) is 75.2 Å². The van der Waals surface area contributed by atoms with Crippen molar-refractivity contribution in [3.8, 4) is 23.0 Å². The first-order valence-corrected chi connectivity index (χ1v) is 17.4. The Balaban J connectivity index is 1.39. The van der Waals surface area contributed by atoms with Crippen LogP contribution in [-0.4, -0.2) is 71.8 Å². The van der Waals surface area contributed by atoms with E-state index in [-0.39, 0.29) is 11.5 Å². The van der Waals surface area contributed by atoms with E-state index in [2.05, 4.69) is 70.0 Å². The third-order valence-electron chi connectivity index (χ3n) is 9.07. The van der Waals surface area contributed by atoms with Gasteiger partial charge in [0, 0.05) is 78.4 Å². The Labute approximate surface area is 290 Å². The molecule has 0 spiro atoms. The first-order chi connectivity index (χ1) is 23.9. The Kier molecular flexibility index (Phi) is 11.6. The summed E-state index contributed by atoms with van der Waals surface area (Å²) in [5.41, 5.74) is 7.59. The quantitative estimate of drug-likeness (QED) is 0.207. The minimum absolute atomic E-state index is 0.266. The van der Waals surface area contributed by atoms with Crippen LogP contribution >= 0.6 is 0 Å². The normalized spacial score (nSPS) is 19.3. The highest BCUT2D eigenvalue weighted by molar-refractivity contribution is 5.85. The fraction of sp³-hybridized carbons (Fsp3) is 0.366. The molecular weight excluding hydrogens is 612 g/mol. The van der Waals surface area contributed by atoms with Gasteiger partial charge in [0.25, 0.3) is 0 Å². The van der Waals surface area contributed by atoms with E-state index in [0.717, 1.165) is 77.2 Å². The summed E-state index contributed by atoms with van der Waals surface area (Å²) in [5.74, 6) is 2.29. The number of fused-ring (bicyclic) bond motifs is 11. The van der Waals surface area contributed by atoms with Crippen LogP contribution in [0.4, 0.5) is 0 Å². The van der Waals surface area contributed by atoms with Crippen molar-refractivity contribution < 1.29 is 19.7 Å². The van der Waals surface area contributed by atoms with Crippen molar-refractivity contribution in [3.63, 3.8) is 0 Å². The van der Waals surface area contributed by atoms with Crippen LogP contribution in [-0.2, 0) is 26.2 Å². The smallest absolute Gasteiger partial charge is 0.128 e. The lowest BCUT2D eigenvalue weighted by molar-refractivity contribution is 0.217. The molecule has 0 radical (unpaired) electrons. The van der Waals surface area contributed by atoms with Crippen LogP contribution in [0.2, 0.25) is 0 Å². The maximum Gasteiger partial charge on any atom is 0.128 e. The molecule has 4 aromatic rings. The number of phenolic OH excluding ortho intramolecular Hbond substituents is 2. The van der Waals surface area contributed by atoms with Crippen LogP contribution in [0.5, 0.6) is 23.0 Å². The van der Waals surface area contributed by atoms with Crippen LogP contribution < -0.4 is 9.47 Å². The largest absolute Gasteiger partial charge is 0.507 e. The molecule has 2 unspecified atom stereocenters. The van der Waals surface area contributed by atoms with Crippen molar-refractivity contribution in [2.45, 2.75) is 59.3 Å². The van der Waals surface area contributed by atoms with E-state index in [1.54, 1.807) is 12.4 Å². The summed E-state index contributed by atoms with van der Waals surface area (Å²) in [6.07, 6.45) is 6.16. The highest BCUT2D eigenvalue weighted by Crippen LogP contribution is 2.30. The van der Waals surface area contributed by atoms with Gasteiger partial charge in [-0.2, -0.15) is 0 Å². The van der Waals surface area contributed by atoms with Crippen LogP contribution in [0, 0.1) is 13.8 Å². The van der Waals surface area contributed by atoms with E-state index in [9.17, 15) is 10.2 Å². The number of benzene rings is 4. The molecular formula is C41H48N4O4. The van der Waals surface area contributed by atoms with E-state index in [1.807, 2.05) is 36.4 Å². The molecule has 0 amide bonds. The van der Waals surface area contributed by atoms with Crippen LogP contribution in [0.15, 0.2) is 82.8 Å². The Hall–Kier alpha value is -4.66. The lowest BCUT2D eigenvalue weighted by atomic mass is 10.0. The molecule has 49 heavy (non-hydrogen) atoms. The van der Waals surface area contributed by atoms with E-state index in [1.165, 1.54) is 0 Å². The van der Waals surface area contributed by atoms with Crippen molar-refractivity contribution in [1.82, 2.24) is 9.80 Å². The monoisotopic (exact) mass is 660 g/mol. The third kappa shape index (κ3) is 9.28. The Morgan fingerprint density at radius 2 is 0.980 bits per heavy atom. The van der Waals surface area contributed by atoms with Crippen LogP contribution in [0.25, 0.3) is 0 Å². The van der Waals surface area contributed by atoms with Crippen molar-refractivity contribution in [2.75, 3.05) is 39.4 Å². The molecule has 2 aliphatic heterocycles. The molecule has 2 heterocycles. The number of para-hydroxylation sites is 2. The predicted octanol–water partition coefficient (Wildman–Crippen LogP) is 7.21. The minimum Gasteiger partial charge on any atom is -0.507 e. The number of rotatable bonds is 0. The minimum atomic E-state index is 0.266. The van der Waals surface area contributed by atoms with E-state index >= 15 is 0 Å². The molecule has 0 aromatic heterocycles. The Morgan fingerprint density at radius 3 is 1.45 bits per heavy atom. The molecule has 256 valence electrons. The maximum absolute atomic E-state index is 11.4. The van der Waals surface area contributed by atoms with Gasteiger partial charge in [0.1, 0.15) is 23.0 Å². The lowest BCUT2D eigenvalue weighted by Gasteiger charge is -2.27. The SMILES string of the molecule is Cc1cc2c(O)c(c1)CN1CCCCN(Cc3ccccc3OCCCOc3ccccc3C1)Cc1cc(C)cc(c1O)C=NCCN=C2. The summed E-state index contributed by atoms with van der Waals surface area (Å²) in [6, 6.07) is 24.6. The second-order valence-corrected chi connectivity index (χ2v) is 13.2. The van der Waals surface area contributed by atoms with Crippen molar-refractivity contribution >= 4 is 12.4 Å². The average molecular weight is 661 g/mol. The zero-order valence-electron chi connectivity index (χ0n) is 28.8. The van der Waals surface area contributed by atoms with Gasteiger partial charge in [0.15, 0.2) is 0 Å². The first-order valence-electron chi connectivity index (χ1n) is 17.4. The average Bonchev–Trinajstić information content (AvgIpc) is 3.08. The van der Waals surface area contributed by atoms with E-state index < -0.39 is 0 Å². The number of ether oxygens (including phenoxy) is 2. The molecule has 0 saturated heterocycles. The molecule has 0 saturated carbocycles. The standard InChI is InChI=1S/C41H48N4O4/c1-30-20-34-24-42-14-15-43-25-35-21-31(2)23-37(41(35)47)29-45-17-8-7-16-44(28-36(22-30)40(34)46)26-32-10-3-5-12-38(32)48-18-9-19-49-39-13-6-4-11-33(39)27-45/h3-6,10-13,20-25,46-47H,7-9,14-19,26-29H2,1-2H3. The summed E-state index contributed by atoms with van der Waals surface area (Å²) in [7, 11) is 0. The number of aryl methyl sites for hydroxylation is 2. The number of phenols is 2. The summed E-state index contributed by atoms with van der Waals surface area (Å²) in [5, 5.41) is 22.8. The highest BCUT2D eigenvalue weighted by atomic mass is 16.5. The zero-order chi connectivity index (χ0) is 34.0. The summed E-state index contributed by atoms with van der Waals surface area (Å²) in [6.45, 7) is 10.4. The fourth-order valence-electron chi connectivity index (χ4n) is 6.68. The lowest BCUT2D eigenvalue weighted by Crippen LogP contribution is -2.27. The molecule has 2 N–H and O–H groups in total. The molecule has 6 rings (SSSR count). The molecule has 8 heteroatoms. The second-order valence-electron chi connectivity index (χ2n) is 13.2. The molecule has 4 aromatic carbocycles.